The first kappa shape index (κ1) is 11.5. The maximum atomic E-state index is 6.14. The highest BCUT2D eigenvalue weighted by atomic mass is 35.5. The summed E-state index contributed by atoms with van der Waals surface area (Å²) in [4.78, 5) is 8.89. The van der Waals surface area contributed by atoms with Gasteiger partial charge in [0.05, 0.1) is 12.2 Å². The molecule has 2 heterocycles. The number of halogens is 1. The second kappa shape index (κ2) is 4.57. The molecule has 0 spiro atoms. The van der Waals surface area contributed by atoms with Gasteiger partial charge in [0.25, 0.3) is 0 Å². The van der Waals surface area contributed by atoms with Crippen LogP contribution in [0.3, 0.4) is 0 Å². The highest BCUT2D eigenvalue weighted by molar-refractivity contribution is 6.30. The van der Waals surface area contributed by atoms with E-state index in [0.29, 0.717) is 17.6 Å². The Morgan fingerprint density at radius 3 is 2.94 bits per heavy atom. The van der Waals surface area contributed by atoms with E-state index in [0.717, 1.165) is 22.9 Å². The fourth-order valence-corrected chi connectivity index (χ4v) is 1.94. The normalized spacial score (nSPS) is 14.8. The van der Waals surface area contributed by atoms with Crippen LogP contribution in [0.15, 0.2) is 12.3 Å². The van der Waals surface area contributed by atoms with Crippen molar-refractivity contribution in [2.24, 2.45) is 0 Å². The predicted octanol–water partition coefficient (Wildman–Crippen LogP) is 2.65. The zero-order valence-corrected chi connectivity index (χ0v) is 10.8. The Morgan fingerprint density at radius 1 is 1.44 bits per heavy atom. The third-order valence-corrected chi connectivity index (χ3v) is 3.42. The number of nitrogens with one attached hydrogen (secondary N) is 2. The molecule has 3 rings (SSSR count). The Balaban J connectivity index is 1.81. The molecule has 1 aliphatic carbocycles. The Labute approximate surface area is 110 Å². The highest BCUT2D eigenvalue weighted by Crippen LogP contribution is 2.39. The van der Waals surface area contributed by atoms with Crippen LogP contribution in [0.1, 0.15) is 35.8 Å². The molecule has 2 aromatic rings. The predicted molar refractivity (Wildman–Crippen MR) is 69.7 cm³/mol. The largest absolute Gasteiger partial charge is 0.364 e. The molecule has 94 valence electrons. The van der Waals surface area contributed by atoms with Crippen molar-refractivity contribution in [2.45, 2.75) is 32.2 Å². The van der Waals surface area contributed by atoms with E-state index in [1.54, 1.807) is 6.20 Å². The Kier molecular flexibility index (Phi) is 2.91. The summed E-state index contributed by atoms with van der Waals surface area (Å²) in [5.74, 6) is 2.17. The number of aromatic nitrogens is 4. The van der Waals surface area contributed by atoms with Crippen molar-refractivity contribution < 1.29 is 0 Å². The fourth-order valence-electron chi connectivity index (χ4n) is 1.76. The molecule has 0 amide bonds. The summed E-state index contributed by atoms with van der Waals surface area (Å²) in [6, 6.07) is 1.92. The molecule has 6 heteroatoms. The van der Waals surface area contributed by atoms with Gasteiger partial charge in [-0.2, -0.15) is 5.10 Å². The Hall–Kier alpha value is -1.62. The average molecular weight is 264 g/mol. The van der Waals surface area contributed by atoms with Crippen molar-refractivity contribution in [1.82, 2.24) is 20.2 Å². The van der Waals surface area contributed by atoms with E-state index in [4.69, 9.17) is 11.6 Å². The number of aromatic amines is 1. The van der Waals surface area contributed by atoms with Gasteiger partial charge in [0.1, 0.15) is 16.8 Å². The Bertz CT molecular complexity index is 548. The maximum Gasteiger partial charge on any atom is 0.137 e. The summed E-state index contributed by atoms with van der Waals surface area (Å²) in [6.07, 6.45) is 4.06. The minimum Gasteiger partial charge on any atom is -0.364 e. The summed E-state index contributed by atoms with van der Waals surface area (Å²) in [7, 11) is 0. The average Bonchev–Trinajstić information content (AvgIpc) is 3.08. The summed E-state index contributed by atoms with van der Waals surface area (Å²) in [5, 5.41) is 10.6. The lowest BCUT2D eigenvalue weighted by Gasteiger charge is -2.10. The van der Waals surface area contributed by atoms with E-state index < -0.39 is 0 Å². The van der Waals surface area contributed by atoms with Crippen LogP contribution in [0.2, 0.25) is 5.15 Å². The van der Waals surface area contributed by atoms with Crippen LogP contribution in [0, 0.1) is 6.92 Å². The molecule has 0 saturated heterocycles. The third kappa shape index (κ3) is 2.31. The summed E-state index contributed by atoms with van der Waals surface area (Å²) >= 11 is 6.14. The van der Waals surface area contributed by atoms with Crippen LogP contribution < -0.4 is 5.32 Å². The monoisotopic (exact) mass is 263 g/mol. The standard InChI is InChI=1S/C12H14ClN5/c1-7-10(13)16-12(8-2-3-8)17-11(7)14-6-9-4-5-15-18-9/h4-5,8H,2-3,6H2,1H3,(H,15,18)(H,14,16,17). The van der Waals surface area contributed by atoms with E-state index in [9.17, 15) is 0 Å². The van der Waals surface area contributed by atoms with Gasteiger partial charge in [-0.1, -0.05) is 11.6 Å². The molecule has 0 aliphatic heterocycles. The zero-order chi connectivity index (χ0) is 12.5. The smallest absolute Gasteiger partial charge is 0.137 e. The lowest BCUT2D eigenvalue weighted by Crippen LogP contribution is -2.07. The van der Waals surface area contributed by atoms with Crippen LogP contribution in [0.25, 0.3) is 0 Å². The summed E-state index contributed by atoms with van der Waals surface area (Å²) < 4.78 is 0. The zero-order valence-electron chi connectivity index (χ0n) is 10.1. The van der Waals surface area contributed by atoms with E-state index in [-0.39, 0.29) is 0 Å². The molecule has 2 N–H and O–H groups in total. The van der Waals surface area contributed by atoms with Gasteiger partial charge in [0, 0.05) is 17.7 Å². The number of hydrogen-bond acceptors (Lipinski definition) is 4. The van der Waals surface area contributed by atoms with Gasteiger partial charge in [0.15, 0.2) is 0 Å². The number of H-pyrrole nitrogens is 1. The first-order chi connectivity index (χ1) is 8.74. The summed E-state index contributed by atoms with van der Waals surface area (Å²) in [5.41, 5.74) is 1.90. The molecule has 1 fully saturated rings. The van der Waals surface area contributed by atoms with E-state index in [2.05, 4.69) is 25.5 Å². The van der Waals surface area contributed by atoms with Crippen molar-refractivity contribution >= 4 is 17.4 Å². The van der Waals surface area contributed by atoms with Crippen molar-refractivity contribution in [3.05, 3.63) is 34.5 Å². The number of rotatable bonds is 4. The van der Waals surface area contributed by atoms with Crippen molar-refractivity contribution in [2.75, 3.05) is 5.32 Å². The molecule has 18 heavy (non-hydrogen) atoms. The number of hydrogen-bond donors (Lipinski definition) is 2. The van der Waals surface area contributed by atoms with Crippen molar-refractivity contribution in [1.29, 1.82) is 0 Å². The molecule has 0 aromatic carbocycles. The SMILES string of the molecule is Cc1c(Cl)nc(C2CC2)nc1NCc1ccn[nH]1. The van der Waals surface area contributed by atoms with Crippen molar-refractivity contribution in [3.63, 3.8) is 0 Å². The van der Waals surface area contributed by atoms with Gasteiger partial charge in [-0.05, 0) is 25.8 Å². The summed E-state index contributed by atoms with van der Waals surface area (Å²) in [6.45, 7) is 2.58. The van der Waals surface area contributed by atoms with E-state index in [1.807, 2.05) is 13.0 Å². The molecule has 0 atom stereocenters. The molecule has 1 aliphatic rings. The van der Waals surface area contributed by atoms with Crippen LogP contribution in [0.4, 0.5) is 5.82 Å². The van der Waals surface area contributed by atoms with Crippen LogP contribution in [-0.2, 0) is 6.54 Å². The molecule has 2 aromatic heterocycles. The minimum absolute atomic E-state index is 0.496. The molecular formula is C12H14ClN5. The van der Waals surface area contributed by atoms with Crippen LogP contribution >= 0.6 is 11.6 Å². The maximum absolute atomic E-state index is 6.14. The third-order valence-electron chi connectivity index (χ3n) is 3.05. The molecule has 0 bridgehead atoms. The lowest BCUT2D eigenvalue weighted by molar-refractivity contribution is 0.904. The van der Waals surface area contributed by atoms with Gasteiger partial charge in [-0.3, -0.25) is 5.10 Å². The van der Waals surface area contributed by atoms with Gasteiger partial charge >= 0.3 is 0 Å². The molecule has 1 saturated carbocycles. The van der Waals surface area contributed by atoms with Crippen molar-refractivity contribution in [3.8, 4) is 0 Å². The first-order valence-corrected chi connectivity index (χ1v) is 6.38. The van der Waals surface area contributed by atoms with Gasteiger partial charge in [0.2, 0.25) is 0 Å². The molecule has 0 radical (unpaired) electrons. The van der Waals surface area contributed by atoms with E-state index in [1.165, 1.54) is 12.8 Å². The number of nitrogens with zero attached hydrogens (tertiary/aromatic N) is 3. The quantitative estimate of drug-likeness (QED) is 0.833. The molecule has 5 nitrogen and oxygen atoms in total. The van der Waals surface area contributed by atoms with Crippen LogP contribution in [0.5, 0.6) is 0 Å². The Morgan fingerprint density at radius 2 is 2.28 bits per heavy atom. The second-order valence-electron chi connectivity index (χ2n) is 4.56. The van der Waals surface area contributed by atoms with Gasteiger partial charge < -0.3 is 5.32 Å². The minimum atomic E-state index is 0.496. The second-order valence-corrected chi connectivity index (χ2v) is 4.91. The van der Waals surface area contributed by atoms with Gasteiger partial charge in [-0.15, -0.1) is 0 Å². The molecular weight excluding hydrogens is 250 g/mol. The lowest BCUT2D eigenvalue weighted by atomic mass is 10.3. The van der Waals surface area contributed by atoms with E-state index >= 15 is 0 Å². The topological polar surface area (TPSA) is 66.5 Å². The van der Waals surface area contributed by atoms with Gasteiger partial charge in [-0.25, -0.2) is 9.97 Å². The first-order valence-electron chi connectivity index (χ1n) is 6.00. The highest BCUT2D eigenvalue weighted by Gasteiger charge is 2.27. The van der Waals surface area contributed by atoms with Crippen LogP contribution in [-0.4, -0.2) is 20.2 Å². The number of anilines is 1. The molecule has 0 unspecified atom stereocenters. The fraction of sp³-hybridized carbons (Fsp3) is 0.417.